The van der Waals surface area contributed by atoms with Gasteiger partial charge in [0.05, 0.1) is 5.69 Å². The fraction of sp³-hybridized carbons (Fsp3) is 0.750. The molecule has 2 heteroatoms. The van der Waals surface area contributed by atoms with Crippen LogP contribution in [-0.2, 0) is 12.8 Å². The third-order valence-corrected chi connectivity index (χ3v) is 2.00. The number of hydrogen-bond acceptors (Lipinski definition) is 1. The maximum absolute atomic E-state index is 4.58. The van der Waals surface area contributed by atoms with Gasteiger partial charge < -0.3 is 4.98 Å². The fourth-order valence-electron chi connectivity index (χ4n) is 1.53. The highest BCUT2D eigenvalue weighted by atomic mass is 14.9. The normalized spacial score (nSPS) is 12.4. The molecule has 1 N–H and O–H groups in total. The van der Waals surface area contributed by atoms with E-state index in [1.165, 1.54) is 5.69 Å². The van der Waals surface area contributed by atoms with Crippen molar-refractivity contribution in [2.24, 2.45) is 11.3 Å². The third kappa shape index (κ3) is 3.95. The van der Waals surface area contributed by atoms with Gasteiger partial charge in [0.25, 0.3) is 0 Å². The molecule has 0 bridgehead atoms. The van der Waals surface area contributed by atoms with Crippen molar-refractivity contribution in [1.29, 1.82) is 0 Å². The van der Waals surface area contributed by atoms with Crippen molar-refractivity contribution in [3.63, 3.8) is 0 Å². The fourth-order valence-corrected chi connectivity index (χ4v) is 1.53. The molecule has 0 unspecified atom stereocenters. The Hall–Kier alpha value is -0.790. The van der Waals surface area contributed by atoms with Crippen molar-refractivity contribution >= 4 is 0 Å². The van der Waals surface area contributed by atoms with E-state index in [-0.39, 0.29) is 0 Å². The Kier molecular flexibility index (Phi) is 3.35. The Bertz CT molecular complexity index is 279. The predicted octanol–water partition coefficient (Wildman–Crippen LogP) is 3.20. The van der Waals surface area contributed by atoms with E-state index in [4.69, 9.17) is 0 Å². The summed E-state index contributed by atoms with van der Waals surface area (Å²) in [6, 6.07) is 0. The lowest BCUT2D eigenvalue weighted by Crippen LogP contribution is -2.09. The molecular formula is C12H22N2. The summed E-state index contributed by atoms with van der Waals surface area (Å²) >= 11 is 0. The lowest BCUT2D eigenvalue weighted by Gasteiger charge is -2.15. The minimum absolute atomic E-state index is 0.324. The number of rotatable bonds is 3. The van der Waals surface area contributed by atoms with Gasteiger partial charge in [-0.15, -0.1) is 0 Å². The maximum atomic E-state index is 4.58. The number of nitrogens with zero attached hydrogens (tertiary/aromatic N) is 1. The van der Waals surface area contributed by atoms with Gasteiger partial charge in [0.15, 0.2) is 0 Å². The average molecular weight is 194 g/mol. The molecule has 14 heavy (non-hydrogen) atoms. The van der Waals surface area contributed by atoms with Crippen LogP contribution in [0.2, 0.25) is 0 Å². The van der Waals surface area contributed by atoms with E-state index in [1.54, 1.807) is 0 Å². The van der Waals surface area contributed by atoms with Gasteiger partial charge in [-0.3, -0.25) is 0 Å². The van der Waals surface area contributed by atoms with Gasteiger partial charge in [-0.1, -0.05) is 34.6 Å². The van der Waals surface area contributed by atoms with E-state index in [0.29, 0.717) is 11.3 Å². The number of H-pyrrole nitrogens is 1. The molecule has 0 aliphatic heterocycles. The molecule has 0 aliphatic rings. The molecular weight excluding hydrogens is 172 g/mol. The Morgan fingerprint density at radius 3 is 2.50 bits per heavy atom. The van der Waals surface area contributed by atoms with Gasteiger partial charge in [0, 0.05) is 12.6 Å². The van der Waals surface area contributed by atoms with E-state index in [0.717, 1.165) is 18.7 Å². The molecule has 0 aromatic carbocycles. The number of hydrogen-bond donors (Lipinski definition) is 1. The summed E-state index contributed by atoms with van der Waals surface area (Å²) in [5, 5.41) is 0. The summed E-state index contributed by atoms with van der Waals surface area (Å²) in [7, 11) is 0. The molecule has 0 amide bonds. The number of imidazole rings is 1. The van der Waals surface area contributed by atoms with Crippen LogP contribution in [0.4, 0.5) is 0 Å². The summed E-state index contributed by atoms with van der Waals surface area (Å²) in [6.07, 6.45) is 4.13. The molecule has 0 saturated carbocycles. The molecule has 1 aromatic rings. The first-order chi connectivity index (χ1) is 6.37. The second kappa shape index (κ2) is 4.16. The number of nitrogens with one attached hydrogen (secondary N) is 1. The first kappa shape index (κ1) is 11.3. The van der Waals surface area contributed by atoms with Gasteiger partial charge in [0.2, 0.25) is 0 Å². The van der Waals surface area contributed by atoms with Crippen LogP contribution < -0.4 is 0 Å². The van der Waals surface area contributed by atoms with E-state index < -0.39 is 0 Å². The second-order valence-electron chi connectivity index (χ2n) is 5.67. The smallest absolute Gasteiger partial charge is 0.106 e. The van der Waals surface area contributed by atoms with Gasteiger partial charge in [-0.2, -0.15) is 0 Å². The maximum Gasteiger partial charge on any atom is 0.106 e. The molecule has 0 fully saturated rings. The number of aromatic nitrogens is 2. The van der Waals surface area contributed by atoms with Crippen LogP contribution in [0.3, 0.4) is 0 Å². The molecule has 0 atom stereocenters. The summed E-state index contributed by atoms with van der Waals surface area (Å²) in [5.74, 6) is 1.79. The summed E-state index contributed by atoms with van der Waals surface area (Å²) < 4.78 is 0. The molecule has 0 saturated heterocycles. The van der Waals surface area contributed by atoms with E-state index >= 15 is 0 Å². The summed E-state index contributed by atoms with van der Waals surface area (Å²) in [5.41, 5.74) is 1.51. The van der Waals surface area contributed by atoms with Crippen LogP contribution in [-0.4, -0.2) is 9.97 Å². The van der Waals surface area contributed by atoms with Gasteiger partial charge >= 0.3 is 0 Å². The lowest BCUT2D eigenvalue weighted by atomic mass is 9.91. The molecule has 1 rings (SSSR count). The van der Waals surface area contributed by atoms with Gasteiger partial charge in [-0.25, -0.2) is 4.98 Å². The largest absolute Gasteiger partial charge is 0.348 e. The van der Waals surface area contributed by atoms with Crippen molar-refractivity contribution in [1.82, 2.24) is 9.97 Å². The average Bonchev–Trinajstić information content (AvgIpc) is 2.30. The monoisotopic (exact) mass is 194 g/mol. The standard InChI is InChI=1S/C12H22N2/c1-9(2)6-11-13-8-10(14-11)7-12(3,4)5/h8-9H,6-7H2,1-5H3,(H,13,14). The molecule has 80 valence electrons. The topological polar surface area (TPSA) is 28.7 Å². The van der Waals surface area contributed by atoms with Crippen molar-refractivity contribution in [2.75, 3.05) is 0 Å². The van der Waals surface area contributed by atoms with E-state index in [2.05, 4.69) is 44.6 Å². The van der Waals surface area contributed by atoms with Gasteiger partial charge in [0.1, 0.15) is 5.82 Å². The molecule has 1 heterocycles. The Morgan fingerprint density at radius 2 is 2.00 bits per heavy atom. The molecule has 0 spiro atoms. The Labute approximate surface area is 87.1 Å². The lowest BCUT2D eigenvalue weighted by molar-refractivity contribution is 0.406. The second-order valence-corrected chi connectivity index (χ2v) is 5.67. The van der Waals surface area contributed by atoms with Crippen LogP contribution >= 0.6 is 0 Å². The van der Waals surface area contributed by atoms with Crippen molar-refractivity contribution in [3.8, 4) is 0 Å². The highest BCUT2D eigenvalue weighted by Crippen LogP contribution is 2.19. The van der Waals surface area contributed by atoms with Gasteiger partial charge in [-0.05, 0) is 17.8 Å². The van der Waals surface area contributed by atoms with E-state index in [1.807, 2.05) is 6.20 Å². The van der Waals surface area contributed by atoms with Crippen LogP contribution in [0.1, 0.15) is 46.1 Å². The molecule has 0 radical (unpaired) electrons. The van der Waals surface area contributed by atoms with E-state index in [9.17, 15) is 0 Å². The first-order valence-corrected chi connectivity index (χ1v) is 5.40. The summed E-state index contributed by atoms with van der Waals surface area (Å²) in [4.78, 5) is 7.83. The number of aromatic amines is 1. The zero-order valence-corrected chi connectivity index (χ0v) is 10.0. The molecule has 0 aliphatic carbocycles. The Balaban J connectivity index is 2.60. The molecule has 1 aromatic heterocycles. The Morgan fingerprint density at radius 1 is 1.36 bits per heavy atom. The van der Waals surface area contributed by atoms with Crippen LogP contribution in [0.15, 0.2) is 6.20 Å². The van der Waals surface area contributed by atoms with Crippen molar-refractivity contribution < 1.29 is 0 Å². The third-order valence-electron chi connectivity index (χ3n) is 2.00. The van der Waals surface area contributed by atoms with Crippen LogP contribution in [0.25, 0.3) is 0 Å². The van der Waals surface area contributed by atoms with Crippen molar-refractivity contribution in [3.05, 3.63) is 17.7 Å². The predicted molar refractivity (Wildman–Crippen MR) is 60.3 cm³/mol. The minimum atomic E-state index is 0.324. The highest BCUT2D eigenvalue weighted by molar-refractivity contribution is 5.03. The zero-order valence-electron chi connectivity index (χ0n) is 10.0. The molecule has 2 nitrogen and oxygen atoms in total. The highest BCUT2D eigenvalue weighted by Gasteiger charge is 2.13. The zero-order chi connectivity index (χ0) is 10.8. The SMILES string of the molecule is CC(C)Cc1nc(CC(C)(C)C)c[nH]1. The van der Waals surface area contributed by atoms with Crippen LogP contribution in [0.5, 0.6) is 0 Å². The first-order valence-electron chi connectivity index (χ1n) is 5.40. The summed E-state index contributed by atoms with van der Waals surface area (Å²) in [6.45, 7) is 11.1. The quantitative estimate of drug-likeness (QED) is 0.786. The minimum Gasteiger partial charge on any atom is -0.348 e. The van der Waals surface area contributed by atoms with Crippen LogP contribution in [0, 0.1) is 11.3 Å². The van der Waals surface area contributed by atoms with Crippen molar-refractivity contribution in [2.45, 2.75) is 47.5 Å².